The second kappa shape index (κ2) is 6.23. The standard InChI is InChI=1S/C13H17FO3/c1-9(2)12(13(15)16)7-8-17-11-5-3-10(14)4-6-11/h3-6,9,12H,7-8H2,1-2H3,(H,15,16). The number of halogens is 1. The first-order chi connectivity index (χ1) is 8.00. The Morgan fingerprint density at radius 1 is 1.35 bits per heavy atom. The average molecular weight is 240 g/mol. The molecule has 1 aromatic rings. The predicted octanol–water partition coefficient (Wildman–Crippen LogP) is 2.95. The van der Waals surface area contributed by atoms with E-state index in [9.17, 15) is 9.18 Å². The van der Waals surface area contributed by atoms with Crippen molar-refractivity contribution in [1.82, 2.24) is 0 Å². The number of carboxylic acid groups (broad SMARTS) is 1. The van der Waals surface area contributed by atoms with Crippen LogP contribution >= 0.6 is 0 Å². The molecule has 0 aliphatic rings. The maximum atomic E-state index is 12.6. The number of carboxylic acids is 1. The molecule has 1 aromatic carbocycles. The van der Waals surface area contributed by atoms with E-state index in [2.05, 4.69) is 0 Å². The Kier molecular flexibility index (Phi) is 4.94. The lowest BCUT2D eigenvalue weighted by Crippen LogP contribution is -2.22. The molecule has 1 unspecified atom stereocenters. The van der Waals surface area contributed by atoms with E-state index in [0.717, 1.165) is 0 Å². The van der Waals surface area contributed by atoms with E-state index in [-0.39, 0.29) is 11.7 Å². The van der Waals surface area contributed by atoms with Crippen LogP contribution in [0.1, 0.15) is 20.3 Å². The van der Waals surface area contributed by atoms with Crippen molar-refractivity contribution in [2.24, 2.45) is 11.8 Å². The van der Waals surface area contributed by atoms with Crippen LogP contribution in [0.4, 0.5) is 4.39 Å². The van der Waals surface area contributed by atoms with Gasteiger partial charge in [-0.2, -0.15) is 0 Å². The van der Waals surface area contributed by atoms with Crippen LogP contribution < -0.4 is 4.74 Å². The van der Waals surface area contributed by atoms with Crippen LogP contribution in [0.3, 0.4) is 0 Å². The van der Waals surface area contributed by atoms with Gasteiger partial charge in [-0.15, -0.1) is 0 Å². The van der Waals surface area contributed by atoms with Gasteiger partial charge in [-0.3, -0.25) is 4.79 Å². The number of hydrogen-bond acceptors (Lipinski definition) is 2. The van der Waals surface area contributed by atoms with Gasteiger partial charge in [-0.1, -0.05) is 13.8 Å². The van der Waals surface area contributed by atoms with Crippen LogP contribution in [-0.2, 0) is 4.79 Å². The van der Waals surface area contributed by atoms with Gasteiger partial charge in [0.2, 0.25) is 0 Å². The highest BCUT2D eigenvalue weighted by Gasteiger charge is 2.21. The normalized spacial score (nSPS) is 12.5. The molecule has 1 N–H and O–H groups in total. The lowest BCUT2D eigenvalue weighted by atomic mass is 9.93. The van der Waals surface area contributed by atoms with Crippen molar-refractivity contribution in [2.45, 2.75) is 20.3 Å². The summed E-state index contributed by atoms with van der Waals surface area (Å²) in [5.74, 6) is -0.898. The molecule has 0 aliphatic carbocycles. The number of aliphatic carboxylic acids is 1. The van der Waals surface area contributed by atoms with Crippen molar-refractivity contribution in [2.75, 3.05) is 6.61 Å². The van der Waals surface area contributed by atoms with Crippen molar-refractivity contribution in [3.8, 4) is 5.75 Å². The molecule has 17 heavy (non-hydrogen) atoms. The van der Waals surface area contributed by atoms with Crippen LogP contribution in [0.2, 0.25) is 0 Å². The van der Waals surface area contributed by atoms with Gasteiger partial charge in [0.05, 0.1) is 12.5 Å². The molecule has 94 valence electrons. The lowest BCUT2D eigenvalue weighted by Gasteiger charge is -2.16. The van der Waals surface area contributed by atoms with Gasteiger partial charge in [0.1, 0.15) is 11.6 Å². The van der Waals surface area contributed by atoms with Gasteiger partial charge in [0.15, 0.2) is 0 Å². The van der Waals surface area contributed by atoms with Gasteiger partial charge in [0.25, 0.3) is 0 Å². The highest BCUT2D eigenvalue weighted by Crippen LogP contribution is 2.17. The summed E-state index contributed by atoms with van der Waals surface area (Å²) >= 11 is 0. The number of ether oxygens (including phenoxy) is 1. The molecule has 4 heteroatoms. The van der Waals surface area contributed by atoms with Gasteiger partial charge >= 0.3 is 5.97 Å². The van der Waals surface area contributed by atoms with Gasteiger partial charge in [-0.05, 0) is 36.6 Å². The number of hydrogen-bond donors (Lipinski definition) is 1. The molecule has 1 rings (SSSR count). The maximum absolute atomic E-state index is 12.6. The fourth-order valence-electron chi connectivity index (χ4n) is 1.58. The van der Waals surface area contributed by atoms with Gasteiger partial charge in [-0.25, -0.2) is 4.39 Å². The Hall–Kier alpha value is -1.58. The zero-order chi connectivity index (χ0) is 12.8. The summed E-state index contributed by atoms with van der Waals surface area (Å²) in [5.41, 5.74) is 0. The largest absolute Gasteiger partial charge is 0.494 e. The molecule has 3 nitrogen and oxygen atoms in total. The molecule has 0 saturated heterocycles. The van der Waals surface area contributed by atoms with Crippen LogP contribution in [0.25, 0.3) is 0 Å². The maximum Gasteiger partial charge on any atom is 0.306 e. The van der Waals surface area contributed by atoms with Gasteiger partial charge < -0.3 is 9.84 Å². The molecule has 0 aromatic heterocycles. The van der Waals surface area contributed by atoms with E-state index < -0.39 is 11.9 Å². The van der Waals surface area contributed by atoms with Crippen molar-refractivity contribution >= 4 is 5.97 Å². The molecular formula is C13H17FO3. The molecule has 0 aliphatic heterocycles. The molecule has 1 atom stereocenters. The Labute approximate surface area is 100 Å². The van der Waals surface area contributed by atoms with Crippen molar-refractivity contribution in [1.29, 1.82) is 0 Å². The smallest absolute Gasteiger partial charge is 0.306 e. The van der Waals surface area contributed by atoms with Crippen LogP contribution in [0.15, 0.2) is 24.3 Å². The minimum atomic E-state index is -0.803. The number of rotatable bonds is 6. The van der Waals surface area contributed by atoms with E-state index in [1.54, 1.807) is 0 Å². The first-order valence-corrected chi connectivity index (χ1v) is 5.62. The molecule has 0 amide bonds. The Balaban J connectivity index is 2.41. The summed E-state index contributed by atoms with van der Waals surface area (Å²) in [7, 11) is 0. The minimum absolute atomic E-state index is 0.0734. The summed E-state index contributed by atoms with van der Waals surface area (Å²) in [6, 6.07) is 5.68. The Morgan fingerprint density at radius 2 is 1.94 bits per heavy atom. The second-order valence-electron chi connectivity index (χ2n) is 4.28. The average Bonchev–Trinajstić information content (AvgIpc) is 2.25. The van der Waals surface area contributed by atoms with Crippen molar-refractivity contribution < 1.29 is 19.0 Å². The third kappa shape index (κ3) is 4.43. The monoisotopic (exact) mass is 240 g/mol. The highest BCUT2D eigenvalue weighted by molar-refractivity contribution is 5.70. The summed E-state index contributed by atoms with van der Waals surface area (Å²) in [6.07, 6.45) is 0.449. The van der Waals surface area contributed by atoms with Gasteiger partial charge in [0, 0.05) is 0 Å². The Bertz CT molecular complexity index is 359. The van der Waals surface area contributed by atoms with E-state index in [0.29, 0.717) is 18.8 Å². The molecule has 0 fully saturated rings. The van der Waals surface area contributed by atoms with E-state index in [1.165, 1.54) is 24.3 Å². The summed E-state index contributed by atoms with van der Waals surface area (Å²) in [6.45, 7) is 4.06. The molecule has 0 heterocycles. The van der Waals surface area contributed by atoms with Crippen LogP contribution in [0.5, 0.6) is 5.75 Å². The van der Waals surface area contributed by atoms with Crippen molar-refractivity contribution in [3.63, 3.8) is 0 Å². The molecule has 0 radical (unpaired) electrons. The van der Waals surface area contributed by atoms with Crippen LogP contribution in [-0.4, -0.2) is 17.7 Å². The quantitative estimate of drug-likeness (QED) is 0.831. The summed E-state index contributed by atoms with van der Waals surface area (Å²) < 4.78 is 18.0. The molecular weight excluding hydrogens is 223 g/mol. The SMILES string of the molecule is CC(C)C(CCOc1ccc(F)cc1)C(=O)O. The number of carbonyl (C=O) groups is 1. The zero-order valence-electron chi connectivity index (χ0n) is 10.0. The fourth-order valence-corrected chi connectivity index (χ4v) is 1.58. The van der Waals surface area contributed by atoms with Crippen LogP contribution in [0, 0.1) is 17.7 Å². The first kappa shape index (κ1) is 13.5. The summed E-state index contributed by atoms with van der Waals surface area (Å²) in [5, 5.41) is 8.97. The molecule has 0 bridgehead atoms. The third-order valence-corrected chi connectivity index (χ3v) is 2.63. The molecule has 0 spiro atoms. The zero-order valence-corrected chi connectivity index (χ0v) is 10.0. The highest BCUT2D eigenvalue weighted by atomic mass is 19.1. The number of benzene rings is 1. The topological polar surface area (TPSA) is 46.5 Å². The molecule has 0 saturated carbocycles. The first-order valence-electron chi connectivity index (χ1n) is 5.62. The Morgan fingerprint density at radius 3 is 2.41 bits per heavy atom. The van der Waals surface area contributed by atoms with E-state index in [1.807, 2.05) is 13.8 Å². The lowest BCUT2D eigenvalue weighted by molar-refractivity contribution is -0.143. The minimum Gasteiger partial charge on any atom is -0.494 e. The van der Waals surface area contributed by atoms with E-state index >= 15 is 0 Å². The van der Waals surface area contributed by atoms with E-state index in [4.69, 9.17) is 9.84 Å². The van der Waals surface area contributed by atoms with Crippen molar-refractivity contribution in [3.05, 3.63) is 30.1 Å². The summed E-state index contributed by atoms with van der Waals surface area (Å²) in [4.78, 5) is 10.9. The second-order valence-corrected chi connectivity index (χ2v) is 4.28. The fraction of sp³-hybridized carbons (Fsp3) is 0.462. The predicted molar refractivity (Wildman–Crippen MR) is 62.5 cm³/mol. The third-order valence-electron chi connectivity index (χ3n) is 2.63.